The second kappa shape index (κ2) is 8.15. The van der Waals surface area contributed by atoms with Gasteiger partial charge in [0.25, 0.3) is 5.91 Å². The number of benzene rings is 2. The van der Waals surface area contributed by atoms with Crippen molar-refractivity contribution in [2.45, 2.75) is 20.8 Å². The summed E-state index contributed by atoms with van der Waals surface area (Å²) in [5.41, 5.74) is 3.69. The molecule has 0 spiro atoms. The highest BCUT2D eigenvalue weighted by Crippen LogP contribution is 2.19. The molecule has 24 heavy (non-hydrogen) atoms. The fraction of sp³-hybridized carbons (Fsp3) is 0.263. The van der Waals surface area contributed by atoms with Crippen molar-refractivity contribution in [3.63, 3.8) is 0 Å². The molecule has 0 saturated carbocycles. The zero-order chi connectivity index (χ0) is 17.5. The van der Waals surface area contributed by atoms with Crippen LogP contribution in [-0.4, -0.2) is 25.1 Å². The van der Waals surface area contributed by atoms with Crippen LogP contribution in [0.1, 0.15) is 16.7 Å². The van der Waals surface area contributed by atoms with Gasteiger partial charge in [-0.15, -0.1) is 0 Å². The standard InChI is InChI=1S/C19H21NO4/c1-13-6-4-9-16(10-13)23-12-18(22)24-11-17(21)20-19-14(2)7-5-8-15(19)3/h4-10H,11-12H2,1-3H3,(H,20,21). The number of ether oxygens (including phenoxy) is 2. The Bertz CT molecular complexity index is 720. The van der Waals surface area contributed by atoms with Crippen LogP contribution in [0.2, 0.25) is 0 Å². The first-order valence-corrected chi connectivity index (χ1v) is 7.67. The van der Waals surface area contributed by atoms with Crippen LogP contribution in [0, 0.1) is 20.8 Å². The van der Waals surface area contributed by atoms with Crippen LogP contribution >= 0.6 is 0 Å². The normalized spacial score (nSPS) is 10.1. The van der Waals surface area contributed by atoms with E-state index in [1.54, 1.807) is 6.07 Å². The minimum atomic E-state index is -0.590. The molecule has 2 aromatic rings. The van der Waals surface area contributed by atoms with Gasteiger partial charge in [-0.05, 0) is 49.6 Å². The van der Waals surface area contributed by atoms with Gasteiger partial charge in [0.1, 0.15) is 5.75 Å². The molecule has 0 aliphatic rings. The molecule has 2 rings (SSSR count). The van der Waals surface area contributed by atoms with E-state index in [2.05, 4.69) is 5.32 Å². The van der Waals surface area contributed by atoms with Crippen molar-refractivity contribution in [1.82, 2.24) is 0 Å². The number of aryl methyl sites for hydroxylation is 3. The Morgan fingerprint density at radius 2 is 1.62 bits per heavy atom. The number of anilines is 1. The summed E-state index contributed by atoms with van der Waals surface area (Å²) in [6, 6.07) is 13.1. The monoisotopic (exact) mass is 327 g/mol. The summed E-state index contributed by atoms with van der Waals surface area (Å²) in [5, 5.41) is 2.76. The Balaban J connectivity index is 1.78. The van der Waals surface area contributed by atoms with Gasteiger partial charge in [-0.1, -0.05) is 30.3 Å². The minimum absolute atomic E-state index is 0.236. The molecule has 0 bridgehead atoms. The maximum absolute atomic E-state index is 11.9. The Hall–Kier alpha value is -2.82. The number of nitrogens with one attached hydrogen (secondary N) is 1. The summed E-state index contributed by atoms with van der Waals surface area (Å²) in [7, 11) is 0. The lowest BCUT2D eigenvalue weighted by molar-refractivity contribution is -0.149. The molecule has 0 saturated heterocycles. The molecule has 0 aliphatic heterocycles. The average Bonchev–Trinajstić information content (AvgIpc) is 2.54. The number of esters is 1. The van der Waals surface area contributed by atoms with E-state index in [9.17, 15) is 9.59 Å². The van der Waals surface area contributed by atoms with Crippen molar-refractivity contribution >= 4 is 17.6 Å². The van der Waals surface area contributed by atoms with Crippen molar-refractivity contribution in [2.75, 3.05) is 18.5 Å². The predicted octanol–water partition coefficient (Wildman–Crippen LogP) is 3.17. The molecule has 0 unspecified atom stereocenters. The maximum atomic E-state index is 11.9. The maximum Gasteiger partial charge on any atom is 0.344 e. The van der Waals surface area contributed by atoms with Gasteiger partial charge in [0.15, 0.2) is 13.2 Å². The van der Waals surface area contributed by atoms with Crippen molar-refractivity contribution in [3.05, 3.63) is 59.2 Å². The van der Waals surface area contributed by atoms with E-state index in [0.29, 0.717) is 5.75 Å². The van der Waals surface area contributed by atoms with Crippen molar-refractivity contribution in [2.24, 2.45) is 0 Å². The summed E-state index contributed by atoms with van der Waals surface area (Å²) < 4.78 is 10.3. The third kappa shape index (κ3) is 5.12. The molecular weight excluding hydrogens is 306 g/mol. The quantitative estimate of drug-likeness (QED) is 0.828. The van der Waals surface area contributed by atoms with Crippen LogP contribution in [0.4, 0.5) is 5.69 Å². The first-order chi connectivity index (χ1) is 11.5. The van der Waals surface area contributed by atoms with E-state index in [1.807, 2.05) is 57.2 Å². The lowest BCUT2D eigenvalue weighted by Crippen LogP contribution is -2.24. The first kappa shape index (κ1) is 17.5. The van der Waals surface area contributed by atoms with Crippen molar-refractivity contribution in [3.8, 4) is 5.75 Å². The highest BCUT2D eigenvalue weighted by atomic mass is 16.6. The summed E-state index contributed by atoms with van der Waals surface area (Å²) in [5.74, 6) is -0.378. The number of amides is 1. The van der Waals surface area contributed by atoms with E-state index in [4.69, 9.17) is 9.47 Å². The number of para-hydroxylation sites is 1. The number of rotatable bonds is 6. The molecule has 1 amide bonds. The topological polar surface area (TPSA) is 64.6 Å². The van der Waals surface area contributed by atoms with Gasteiger partial charge in [-0.3, -0.25) is 4.79 Å². The molecule has 126 valence electrons. The third-order valence-corrected chi connectivity index (χ3v) is 3.46. The van der Waals surface area contributed by atoms with Crippen LogP contribution in [0.15, 0.2) is 42.5 Å². The molecule has 5 nitrogen and oxygen atoms in total. The second-order valence-corrected chi connectivity index (χ2v) is 5.58. The van der Waals surface area contributed by atoms with Crippen molar-refractivity contribution in [1.29, 1.82) is 0 Å². The van der Waals surface area contributed by atoms with Gasteiger partial charge in [0.05, 0.1) is 0 Å². The molecule has 0 heterocycles. The first-order valence-electron chi connectivity index (χ1n) is 7.67. The van der Waals surface area contributed by atoms with Crippen LogP contribution in [-0.2, 0) is 14.3 Å². The molecule has 5 heteroatoms. The van der Waals surface area contributed by atoms with E-state index in [0.717, 1.165) is 22.4 Å². The molecule has 2 aromatic carbocycles. The van der Waals surface area contributed by atoms with Gasteiger partial charge in [0, 0.05) is 5.69 Å². The lowest BCUT2D eigenvalue weighted by Gasteiger charge is -2.12. The minimum Gasteiger partial charge on any atom is -0.482 e. The molecule has 0 aromatic heterocycles. The zero-order valence-electron chi connectivity index (χ0n) is 14.1. The Morgan fingerprint density at radius 3 is 2.29 bits per heavy atom. The van der Waals surface area contributed by atoms with Gasteiger partial charge in [-0.25, -0.2) is 4.79 Å². The molecule has 1 N–H and O–H groups in total. The van der Waals surface area contributed by atoms with Crippen LogP contribution in [0.3, 0.4) is 0 Å². The average molecular weight is 327 g/mol. The highest BCUT2D eigenvalue weighted by Gasteiger charge is 2.11. The van der Waals surface area contributed by atoms with Gasteiger partial charge < -0.3 is 14.8 Å². The van der Waals surface area contributed by atoms with Crippen LogP contribution in [0.5, 0.6) is 5.75 Å². The second-order valence-electron chi connectivity index (χ2n) is 5.58. The predicted molar refractivity (Wildman–Crippen MR) is 92.2 cm³/mol. The summed E-state index contributed by atoms with van der Waals surface area (Å²) in [6.07, 6.45) is 0. The molecule has 0 radical (unpaired) electrons. The third-order valence-electron chi connectivity index (χ3n) is 3.46. The number of carbonyl (C=O) groups excluding carboxylic acids is 2. The lowest BCUT2D eigenvalue weighted by atomic mass is 10.1. The Morgan fingerprint density at radius 1 is 0.958 bits per heavy atom. The fourth-order valence-corrected chi connectivity index (χ4v) is 2.22. The van der Waals surface area contributed by atoms with Crippen molar-refractivity contribution < 1.29 is 19.1 Å². The Labute approximate surface area is 141 Å². The summed E-state index contributed by atoms with van der Waals surface area (Å²) in [6.45, 7) is 5.17. The fourth-order valence-electron chi connectivity index (χ4n) is 2.22. The highest BCUT2D eigenvalue weighted by molar-refractivity contribution is 5.94. The van der Waals surface area contributed by atoms with Crippen LogP contribution < -0.4 is 10.1 Å². The largest absolute Gasteiger partial charge is 0.482 e. The SMILES string of the molecule is Cc1cccc(OCC(=O)OCC(=O)Nc2c(C)cccc2C)c1. The molecule has 0 fully saturated rings. The molecule has 0 atom stereocenters. The van der Waals surface area contributed by atoms with Gasteiger partial charge in [-0.2, -0.15) is 0 Å². The van der Waals surface area contributed by atoms with E-state index < -0.39 is 5.97 Å². The zero-order valence-corrected chi connectivity index (χ0v) is 14.1. The summed E-state index contributed by atoms with van der Waals surface area (Å²) in [4.78, 5) is 23.6. The molecule has 0 aliphatic carbocycles. The number of carbonyl (C=O) groups is 2. The summed E-state index contributed by atoms with van der Waals surface area (Å²) >= 11 is 0. The van der Waals surface area contributed by atoms with Crippen LogP contribution in [0.25, 0.3) is 0 Å². The molecular formula is C19H21NO4. The van der Waals surface area contributed by atoms with E-state index in [1.165, 1.54) is 0 Å². The van der Waals surface area contributed by atoms with E-state index >= 15 is 0 Å². The van der Waals surface area contributed by atoms with E-state index in [-0.39, 0.29) is 19.1 Å². The van der Waals surface area contributed by atoms with Gasteiger partial charge >= 0.3 is 5.97 Å². The van der Waals surface area contributed by atoms with Gasteiger partial charge in [0.2, 0.25) is 0 Å². The number of hydrogen-bond donors (Lipinski definition) is 1. The smallest absolute Gasteiger partial charge is 0.344 e. The number of hydrogen-bond acceptors (Lipinski definition) is 4. The Kier molecular flexibility index (Phi) is 5.95.